The molecule has 24 heavy (non-hydrogen) atoms. The number of rotatable bonds is 3. The van der Waals surface area contributed by atoms with Crippen molar-refractivity contribution >= 4 is 16.7 Å². The number of halogens is 1. The molecule has 1 heterocycles. The van der Waals surface area contributed by atoms with Crippen LogP contribution in [0.1, 0.15) is 23.1 Å². The van der Waals surface area contributed by atoms with Gasteiger partial charge in [-0.3, -0.25) is 0 Å². The van der Waals surface area contributed by atoms with E-state index in [1.54, 1.807) is 12.1 Å². The fourth-order valence-electron chi connectivity index (χ4n) is 3.46. The highest BCUT2D eigenvalue weighted by Crippen LogP contribution is 2.30. The Bertz CT molecular complexity index is 960. The predicted octanol–water partition coefficient (Wildman–Crippen LogP) is 4.06. The Morgan fingerprint density at radius 3 is 2.62 bits per heavy atom. The molecule has 0 amide bonds. The molecular weight excluding hydrogens is 305 g/mol. The first-order valence-corrected chi connectivity index (χ1v) is 8.16. The second-order valence-corrected chi connectivity index (χ2v) is 6.36. The third-order valence-corrected chi connectivity index (χ3v) is 4.73. The lowest BCUT2D eigenvalue weighted by Crippen LogP contribution is -2.16. The molecule has 0 saturated carbocycles. The van der Waals surface area contributed by atoms with E-state index >= 15 is 0 Å². The molecule has 1 aliphatic rings. The monoisotopic (exact) mass is 323 g/mol. The minimum absolute atomic E-state index is 0.201. The zero-order valence-electron chi connectivity index (χ0n) is 13.5. The van der Waals surface area contributed by atoms with Crippen molar-refractivity contribution in [3.05, 3.63) is 75.4 Å². The zero-order valence-corrected chi connectivity index (χ0v) is 13.5. The molecule has 1 aliphatic carbocycles. The minimum atomic E-state index is -0.234. The highest BCUT2D eigenvalue weighted by Gasteiger charge is 2.19. The fourth-order valence-corrected chi connectivity index (χ4v) is 3.46. The lowest BCUT2D eigenvalue weighted by molar-refractivity contribution is 0.552. The van der Waals surface area contributed by atoms with E-state index in [-0.39, 0.29) is 11.4 Å². The molecule has 0 saturated heterocycles. The van der Waals surface area contributed by atoms with Crippen LogP contribution in [0.25, 0.3) is 11.0 Å². The number of hydrogen-bond donors (Lipinski definition) is 0. The average molecular weight is 323 g/mol. The molecule has 0 radical (unpaired) electrons. The van der Waals surface area contributed by atoms with E-state index in [2.05, 4.69) is 4.90 Å². The van der Waals surface area contributed by atoms with Gasteiger partial charge in [0.05, 0.1) is 0 Å². The van der Waals surface area contributed by atoms with Crippen molar-refractivity contribution in [1.82, 2.24) is 0 Å². The van der Waals surface area contributed by atoms with Crippen molar-refractivity contribution in [1.29, 1.82) is 0 Å². The van der Waals surface area contributed by atoms with Crippen LogP contribution in [0.3, 0.4) is 0 Å². The first-order chi connectivity index (χ1) is 11.6. The van der Waals surface area contributed by atoms with Gasteiger partial charge in [0.25, 0.3) is 0 Å². The van der Waals surface area contributed by atoms with Gasteiger partial charge in [0, 0.05) is 36.3 Å². The molecule has 0 atom stereocenters. The van der Waals surface area contributed by atoms with Crippen LogP contribution in [-0.2, 0) is 19.4 Å². The SMILES string of the molecule is CN(Cc1ccc(F)cc1)c1ccc2c3c(c(=O)oc2c1)CCC3. The molecule has 0 fully saturated rings. The normalized spacial score (nSPS) is 13.2. The largest absolute Gasteiger partial charge is 0.422 e. The highest BCUT2D eigenvalue weighted by atomic mass is 19.1. The molecule has 0 N–H and O–H groups in total. The van der Waals surface area contributed by atoms with Gasteiger partial charge in [0.15, 0.2) is 0 Å². The van der Waals surface area contributed by atoms with Crippen LogP contribution in [-0.4, -0.2) is 7.05 Å². The zero-order chi connectivity index (χ0) is 16.7. The summed E-state index contributed by atoms with van der Waals surface area (Å²) in [6.07, 6.45) is 2.79. The Hall–Kier alpha value is -2.62. The van der Waals surface area contributed by atoms with Crippen LogP contribution in [0, 0.1) is 5.82 Å². The third-order valence-electron chi connectivity index (χ3n) is 4.73. The lowest BCUT2D eigenvalue weighted by Gasteiger charge is -2.20. The molecule has 3 aromatic rings. The predicted molar refractivity (Wildman–Crippen MR) is 93.0 cm³/mol. The first-order valence-electron chi connectivity index (χ1n) is 8.16. The van der Waals surface area contributed by atoms with Crippen LogP contribution in [0.2, 0.25) is 0 Å². The summed E-state index contributed by atoms with van der Waals surface area (Å²) >= 11 is 0. The van der Waals surface area contributed by atoms with E-state index in [4.69, 9.17) is 4.42 Å². The molecule has 0 spiro atoms. The minimum Gasteiger partial charge on any atom is -0.422 e. The van der Waals surface area contributed by atoms with Gasteiger partial charge in [-0.2, -0.15) is 0 Å². The van der Waals surface area contributed by atoms with E-state index in [1.807, 2.05) is 25.2 Å². The molecule has 4 rings (SSSR count). The van der Waals surface area contributed by atoms with Crippen LogP contribution >= 0.6 is 0 Å². The maximum absolute atomic E-state index is 13.0. The number of fused-ring (bicyclic) bond motifs is 3. The molecule has 122 valence electrons. The van der Waals surface area contributed by atoms with Crippen molar-refractivity contribution in [2.45, 2.75) is 25.8 Å². The van der Waals surface area contributed by atoms with E-state index < -0.39 is 0 Å². The summed E-state index contributed by atoms with van der Waals surface area (Å²) in [5.74, 6) is -0.234. The summed E-state index contributed by atoms with van der Waals surface area (Å²) < 4.78 is 18.5. The van der Waals surface area contributed by atoms with Gasteiger partial charge in [-0.25, -0.2) is 9.18 Å². The Labute approximate surface area is 139 Å². The number of benzene rings is 2. The molecule has 4 heteroatoms. The summed E-state index contributed by atoms with van der Waals surface area (Å²) in [4.78, 5) is 14.2. The number of anilines is 1. The second-order valence-electron chi connectivity index (χ2n) is 6.36. The summed E-state index contributed by atoms with van der Waals surface area (Å²) in [6.45, 7) is 0.654. The lowest BCUT2D eigenvalue weighted by atomic mass is 10.1. The standard InChI is InChI=1S/C20H18FNO2/c1-22(12-13-5-7-14(21)8-6-13)15-9-10-17-16-3-2-4-18(16)20(23)24-19(17)11-15/h5-11H,2-4,12H2,1H3. The van der Waals surface area contributed by atoms with Crippen molar-refractivity contribution in [3.63, 3.8) is 0 Å². The van der Waals surface area contributed by atoms with Gasteiger partial charge in [-0.05, 0) is 54.7 Å². The Kier molecular flexibility index (Phi) is 3.60. The second kappa shape index (κ2) is 5.78. The molecule has 2 aromatic carbocycles. The van der Waals surface area contributed by atoms with Gasteiger partial charge >= 0.3 is 5.63 Å². The number of nitrogens with zero attached hydrogens (tertiary/aromatic N) is 1. The Balaban J connectivity index is 1.68. The van der Waals surface area contributed by atoms with Crippen LogP contribution < -0.4 is 10.5 Å². The average Bonchev–Trinajstić information content (AvgIpc) is 3.07. The van der Waals surface area contributed by atoms with Crippen molar-refractivity contribution in [2.75, 3.05) is 11.9 Å². The molecule has 0 aliphatic heterocycles. The maximum atomic E-state index is 13.0. The smallest absolute Gasteiger partial charge is 0.339 e. The highest BCUT2D eigenvalue weighted by molar-refractivity contribution is 5.85. The van der Waals surface area contributed by atoms with Gasteiger partial charge < -0.3 is 9.32 Å². The topological polar surface area (TPSA) is 33.5 Å². The number of aryl methyl sites for hydroxylation is 1. The van der Waals surface area contributed by atoms with Gasteiger partial charge in [0.1, 0.15) is 11.4 Å². The van der Waals surface area contributed by atoms with E-state index in [1.165, 1.54) is 12.1 Å². The quantitative estimate of drug-likeness (QED) is 0.682. The van der Waals surface area contributed by atoms with E-state index in [0.29, 0.717) is 12.1 Å². The Morgan fingerprint density at radius 1 is 1.08 bits per heavy atom. The van der Waals surface area contributed by atoms with E-state index in [9.17, 15) is 9.18 Å². The van der Waals surface area contributed by atoms with Crippen LogP contribution in [0.5, 0.6) is 0 Å². The van der Waals surface area contributed by atoms with E-state index in [0.717, 1.165) is 47.0 Å². The molecule has 0 bridgehead atoms. The fraction of sp³-hybridized carbons (Fsp3) is 0.250. The molecule has 0 unspecified atom stereocenters. The Morgan fingerprint density at radius 2 is 1.83 bits per heavy atom. The van der Waals surface area contributed by atoms with Gasteiger partial charge in [-0.1, -0.05) is 12.1 Å². The van der Waals surface area contributed by atoms with Crippen LogP contribution in [0.4, 0.5) is 10.1 Å². The summed E-state index contributed by atoms with van der Waals surface area (Å²) in [5, 5.41) is 1.04. The maximum Gasteiger partial charge on any atom is 0.339 e. The van der Waals surface area contributed by atoms with Crippen molar-refractivity contribution in [3.8, 4) is 0 Å². The van der Waals surface area contributed by atoms with Crippen molar-refractivity contribution < 1.29 is 8.81 Å². The van der Waals surface area contributed by atoms with Crippen LogP contribution in [0.15, 0.2) is 51.7 Å². The van der Waals surface area contributed by atoms with Gasteiger partial charge in [0.2, 0.25) is 0 Å². The summed E-state index contributed by atoms with van der Waals surface area (Å²) in [6, 6.07) is 12.5. The van der Waals surface area contributed by atoms with Gasteiger partial charge in [-0.15, -0.1) is 0 Å². The first kappa shape index (κ1) is 14.9. The summed E-state index contributed by atoms with van der Waals surface area (Å²) in [5.41, 5.74) is 4.42. The molecule has 3 nitrogen and oxygen atoms in total. The third kappa shape index (κ3) is 2.58. The van der Waals surface area contributed by atoms with Crippen molar-refractivity contribution in [2.24, 2.45) is 0 Å². The molecule has 1 aromatic heterocycles. The molecular formula is C20H18FNO2. The number of hydrogen-bond acceptors (Lipinski definition) is 3. The summed E-state index contributed by atoms with van der Waals surface area (Å²) in [7, 11) is 1.97.